The second-order valence-corrected chi connectivity index (χ2v) is 5.83. The summed E-state index contributed by atoms with van der Waals surface area (Å²) in [4.78, 5) is 10.3. The maximum absolute atomic E-state index is 10.4. The number of hydrogen-bond acceptors (Lipinski definition) is 8. The molecule has 0 radical (unpaired) electrons. The Bertz CT molecular complexity index is 366. The lowest BCUT2D eigenvalue weighted by Gasteiger charge is -2.08. The highest BCUT2D eigenvalue weighted by Crippen LogP contribution is 2.27. The molecule has 0 fully saturated rings. The zero-order valence-corrected chi connectivity index (χ0v) is 9.28. The Labute approximate surface area is 90.0 Å². The number of hydrogen-bond donors (Lipinski definition) is 0. The van der Waals surface area contributed by atoms with Crippen LogP contribution in [0.15, 0.2) is 8.68 Å². The first kappa shape index (κ1) is 11.6. The monoisotopic (exact) mass is 252 g/mol. The molecular formula is C5H4N2O4S3-2. The van der Waals surface area contributed by atoms with Crippen LogP contribution in [0.5, 0.6) is 0 Å². The van der Waals surface area contributed by atoms with E-state index in [1.165, 1.54) is 6.92 Å². The number of carboxylic acids is 1. The minimum atomic E-state index is -2.42. The van der Waals surface area contributed by atoms with Crippen molar-refractivity contribution >= 4 is 40.1 Å². The summed E-state index contributed by atoms with van der Waals surface area (Å²) in [5.41, 5.74) is 0. The van der Waals surface area contributed by atoms with E-state index < -0.39 is 22.3 Å². The molecule has 0 saturated carbocycles. The Hall–Kier alpha value is -0.510. The summed E-state index contributed by atoms with van der Waals surface area (Å²) in [5.74, 6) is -1.23. The SMILES string of the molecule is CC(Sc1nnc(S(=O)[O-])s1)C(=O)[O-]. The number of carbonyl (C=O) groups excluding carboxylic acids is 1. The van der Waals surface area contributed by atoms with Gasteiger partial charge >= 0.3 is 0 Å². The summed E-state index contributed by atoms with van der Waals surface area (Å²) in [7, 11) is 0. The molecular weight excluding hydrogens is 248 g/mol. The molecule has 1 heterocycles. The first-order valence-electron chi connectivity index (χ1n) is 3.31. The second kappa shape index (κ2) is 4.82. The van der Waals surface area contributed by atoms with Crippen molar-refractivity contribution in [2.45, 2.75) is 20.9 Å². The molecule has 0 aliphatic heterocycles. The number of nitrogens with zero attached hydrogens (tertiary/aromatic N) is 2. The van der Waals surface area contributed by atoms with Crippen LogP contribution in [0.3, 0.4) is 0 Å². The fraction of sp³-hybridized carbons (Fsp3) is 0.400. The predicted molar refractivity (Wildman–Crippen MR) is 47.4 cm³/mol. The molecule has 1 aromatic heterocycles. The number of carboxylic acid groups (broad SMARTS) is 1. The predicted octanol–water partition coefficient (Wildman–Crippen LogP) is -0.993. The molecule has 9 heteroatoms. The maximum Gasteiger partial charge on any atom is 0.191 e. The Balaban J connectivity index is 2.69. The van der Waals surface area contributed by atoms with Gasteiger partial charge in [-0.2, -0.15) is 0 Å². The molecule has 78 valence electrons. The van der Waals surface area contributed by atoms with Crippen molar-refractivity contribution in [3.63, 3.8) is 0 Å². The Morgan fingerprint density at radius 1 is 1.64 bits per heavy atom. The van der Waals surface area contributed by atoms with Crippen molar-refractivity contribution < 1.29 is 18.7 Å². The van der Waals surface area contributed by atoms with Crippen LogP contribution in [0, 0.1) is 0 Å². The summed E-state index contributed by atoms with van der Waals surface area (Å²) in [5, 5.41) is 16.4. The fourth-order valence-corrected chi connectivity index (χ4v) is 2.95. The van der Waals surface area contributed by atoms with Gasteiger partial charge in [0.25, 0.3) is 0 Å². The molecule has 0 aliphatic rings. The highest BCUT2D eigenvalue weighted by molar-refractivity contribution is 8.02. The smallest absolute Gasteiger partial charge is 0.191 e. The van der Waals surface area contributed by atoms with E-state index in [2.05, 4.69) is 10.2 Å². The molecule has 6 nitrogen and oxygen atoms in total. The lowest BCUT2D eigenvalue weighted by Crippen LogP contribution is -2.31. The fourth-order valence-electron chi connectivity index (χ4n) is 0.511. The highest BCUT2D eigenvalue weighted by Gasteiger charge is 2.10. The zero-order valence-electron chi connectivity index (χ0n) is 6.83. The second-order valence-electron chi connectivity index (χ2n) is 2.15. The van der Waals surface area contributed by atoms with Crippen LogP contribution < -0.4 is 5.11 Å². The van der Waals surface area contributed by atoms with E-state index in [4.69, 9.17) is 0 Å². The molecule has 14 heavy (non-hydrogen) atoms. The van der Waals surface area contributed by atoms with Gasteiger partial charge in [-0.15, -0.1) is 10.2 Å². The minimum Gasteiger partial charge on any atom is -0.767 e. The van der Waals surface area contributed by atoms with Gasteiger partial charge in [-0.1, -0.05) is 23.1 Å². The lowest BCUT2D eigenvalue weighted by molar-refractivity contribution is -0.304. The van der Waals surface area contributed by atoms with Crippen LogP contribution in [-0.2, 0) is 15.9 Å². The van der Waals surface area contributed by atoms with Gasteiger partial charge in [0.15, 0.2) is 8.68 Å². The third-order valence-corrected chi connectivity index (χ3v) is 4.05. The van der Waals surface area contributed by atoms with E-state index >= 15 is 0 Å². The first-order valence-corrected chi connectivity index (χ1v) is 6.08. The molecule has 1 aromatic rings. The largest absolute Gasteiger partial charge is 0.767 e. The van der Waals surface area contributed by atoms with Crippen LogP contribution in [0.25, 0.3) is 0 Å². The molecule has 0 spiro atoms. The molecule has 0 amide bonds. The van der Waals surface area contributed by atoms with Gasteiger partial charge < -0.3 is 14.5 Å². The van der Waals surface area contributed by atoms with Gasteiger partial charge in [0.2, 0.25) is 0 Å². The Morgan fingerprint density at radius 2 is 2.29 bits per heavy atom. The normalized spacial score (nSPS) is 15.0. The topological polar surface area (TPSA) is 106 Å². The molecule has 2 atom stereocenters. The zero-order chi connectivity index (χ0) is 10.7. The summed E-state index contributed by atoms with van der Waals surface area (Å²) < 4.78 is 20.9. The number of aromatic nitrogens is 2. The summed E-state index contributed by atoms with van der Waals surface area (Å²) in [6.45, 7) is 1.43. The highest BCUT2D eigenvalue weighted by atomic mass is 32.2. The summed E-state index contributed by atoms with van der Waals surface area (Å²) in [6.07, 6.45) is 0. The van der Waals surface area contributed by atoms with Crippen molar-refractivity contribution in [2.75, 3.05) is 0 Å². The van der Waals surface area contributed by atoms with Crippen LogP contribution in [-0.4, -0.2) is 30.2 Å². The van der Waals surface area contributed by atoms with Gasteiger partial charge in [-0.25, -0.2) is 0 Å². The van der Waals surface area contributed by atoms with Gasteiger partial charge in [0, 0.05) is 16.3 Å². The van der Waals surface area contributed by atoms with Gasteiger partial charge in [0.1, 0.15) is 0 Å². The number of thioether (sulfide) groups is 1. The molecule has 0 bridgehead atoms. The van der Waals surface area contributed by atoms with Crippen LogP contribution in [0.2, 0.25) is 0 Å². The van der Waals surface area contributed by atoms with Crippen molar-refractivity contribution in [1.82, 2.24) is 10.2 Å². The third-order valence-electron chi connectivity index (χ3n) is 1.14. The Morgan fingerprint density at radius 3 is 2.71 bits per heavy atom. The number of rotatable bonds is 4. The van der Waals surface area contributed by atoms with Crippen LogP contribution in [0.4, 0.5) is 0 Å². The molecule has 0 N–H and O–H groups in total. The summed E-state index contributed by atoms with van der Waals surface area (Å²) in [6, 6.07) is 0. The number of aliphatic carboxylic acids is 1. The van der Waals surface area contributed by atoms with E-state index in [-0.39, 0.29) is 4.34 Å². The molecule has 0 saturated heterocycles. The molecule has 2 unspecified atom stereocenters. The average molecular weight is 252 g/mol. The molecule has 0 aromatic carbocycles. The van der Waals surface area contributed by atoms with Crippen molar-refractivity contribution in [1.29, 1.82) is 0 Å². The van der Waals surface area contributed by atoms with E-state index in [1.807, 2.05) is 0 Å². The van der Waals surface area contributed by atoms with Crippen molar-refractivity contribution in [3.05, 3.63) is 0 Å². The van der Waals surface area contributed by atoms with Gasteiger partial charge in [-0.3, -0.25) is 4.21 Å². The minimum absolute atomic E-state index is 0.155. The van der Waals surface area contributed by atoms with Gasteiger partial charge in [-0.05, 0) is 6.92 Å². The van der Waals surface area contributed by atoms with Gasteiger partial charge in [0.05, 0.1) is 5.97 Å². The third kappa shape index (κ3) is 3.01. The molecule has 1 rings (SSSR count). The first-order chi connectivity index (χ1) is 6.50. The van der Waals surface area contributed by atoms with Crippen molar-refractivity contribution in [2.24, 2.45) is 0 Å². The van der Waals surface area contributed by atoms with Crippen LogP contribution in [0.1, 0.15) is 6.92 Å². The standard InChI is InChI=1S/C5H6N2O4S3/c1-2(3(8)9)12-4-6-7-5(13-4)14(10)11/h2H,1H3,(H,8,9)(H,10,11)/p-2. The number of carbonyl (C=O) groups is 1. The maximum atomic E-state index is 10.4. The Kier molecular flexibility index (Phi) is 3.98. The van der Waals surface area contributed by atoms with Crippen molar-refractivity contribution in [3.8, 4) is 0 Å². The van der Waals surface area contributed by atoms with E-state index in [1.54, 1.807) is 0 Å². The van der Waals surface area contributed by atoms with E-state index in [9.17, 15) is 18.7 Å². The molecule has 0 aliphatic carbocycles. The van der Waals surface area contributed by atoms with E-state index in [0.717, 1.165) is 23.1 Å². The van der Waals surface area contributed by atoms with Crippen LogP contribution >= 0.6 is 23.1 Å². The quantitative estimate of drug-likeness (QED) is 0.500. The summed E-state index contributed by atoms with van der Waals surface area (Å²) >= 11 is -0.692. The van der Waals surface area contributed by atoms with E-state index in [0.29, 0.717) is 4.34 Å². The lowest BCUT2D eigenvalue weighted by atomic mass is 10.5. The average Bonchev–Trinajstić information content (AvgIpc) is 2.52.